The van der Waals surface area contributed by atoms with Gasteiger partial charge >= 0.3 is 0 Å². The van der Waals surface area contributed by atoms with Crippen molar-refractivity contribution in [1.29, 1.82) is 0 Å². The van der Waals surface area contributed by atoms with E-state index in [-0.39, 0.29) is 5.92 Å². The smallest absolute Gasteiger partial charge is 0.119 e. The number of nitrogens with zero attached hydrogens (tertiary/aromatic N) is 1. The van der Waals surface area contributed by atoms with Crippen molar-refractivity contribution in [1.82, 2.24) is 4.90 Å². The molecular formula is C25H32ClNO2. The topological polar surface area (TPSA) is 32.7 Å². The van der Waals surface area contributed by atoms with Crippen LogP contribution in [0.25, 0.3) is 6.08 Å². The van der Waals surface area contributed by atoms with Gasteiger partial charge in [0.1, 0.15) is 5.75 Å². The molecule has 1 saturated carbocycles. The highest BCUT2D eigenvalue weighted by atomic mass is 35.5. The number of methoxy groups -OCH3 is 1. The van der Waals surface area contributed by atoms with Crippen molar-refractivity contribution < 1.29 is 9.84 Å². The summed E-state index contributed by atoms with van der Waals surface area (Å²) in [5.74, 6) is 0.973. The normalized spacial score (nSPS) is 23.9. The molecule has 3 rings (SSSR count). The summed E-state index contributed by atoms with van der Waals surface area (Å²) in [5.41, 5.74) is 2.21. The van der Waals surface area contributed by atoms with Crippen molar-refractivity contribution in [2.24, 2.45) is 5.92 Å². The second-order valence-electron chi connectivity index (χ2n) is 8.34. The van der Waals surface area contributed by atoms with Crippen LogP contribution >= 0.6 is 11.6 Å². The first-order chi connectivity index (χ1) is 13.9. The summed E-state index contributed by atoms with van der Waals surface area (Å²) in [7, 11) is 5.83. The number of halogens is 1. The van der Waals surface area contributed by atoms with Crippen molar-refractivity contribution in [3.8, 4) is 5.75 Å². The number of rotatable bonds is 6. The summed E-state index contributed by atoms with van der Waals surface area (Å²) in [5, 5.41) is 12.9. The van der Waals surface area contributed by atoms with E-state index < -0.39 is 5.60 Å². The van der Waals surface area contributed by atoms with E-state index in [2.05, 4.69) is 31.1 Å². The fourth-order valence-corrected chi connectivity index (χ4v) is 4.63. The highest BCUT2D eigenvalue weighted by Crippen LogP contribution is 2.41. The molecule has 4 heteroatoms. The van der Waals surface area contributed by atoms with Crippen LogP contribution in [-0.4, -0.2) is 43.4 Å². The highest BCUT2D eigenvalue weighted by molar-refractivity contribution is 6.31. The van der Waals surface area contributed by atoms with Crippen LogP contribution < -0.4 is 4.74 Å². The van der Waals surface area contributed by atoms with E-state index in [1.807, 2.05) is 42.5 Å². The van der Waals surface area contributed by atoms with Gasteiger partial charge in [0.05, 0.1) is 12.7 Å². The Morgan fingerprint density at radius 1 is 1.17 bits per heavy atom. The molecule has 0 spiro atoms. The molecular weight excluding hydrogens is 382 g/mol. The Balaban J connectivity index is 2.06. The quantitative estimate of drug-likeness (QED) is 0.638. The van der Waals surface area contributed by atoms with E-state index in [1.54, 1.807) is 7.11 Å². The van der Waals surface area contributed by atoms with Crippen molar-refractivity contribution in [3.05, 3.63) is 70.3 Å². The summed E-state index contributed by atoms with van der Waals surface area (Å²) in [6, 6.07) is 15.9. The predicted octanol–water partition coefficient (Wildman–Crippen LogP) is 5.46. The number of hydrogen-bond donors (Lipinski definition) is 1. The van der Waals surface area contributed by atoms with Gasteiger partial charge in [0.15, 0.2) is 0 Å². The summed E-state index contributed by atoms with van der Waals surface area (Å²) < 4.78 is 5.39. The van der Waals surface area contributed by atoms with Gasteiger partial charge in [-0.25, -0.2) is 0 Å². The second-order valence-corrected chi connectivity index (χ2v) is 8.75. The van der Waals surface area contributed by atoms with Gasteiger partial charge < -0.3 is 14.7 Å². The Morgan fingerprint density at radius 2 is 1.97 bits per heavy atom. The summed E-state index contributed by atoms with van der Waals surface area (Å²) in [6.45, 7) is 0.844. The van der Waals surface area contributed by atoms with Gasteiger partial charge in [0.2, 0.25) is 0 Å². The maximum absolute atomic E-state index is 12.2. The monoisotopic (exact) mass is 413 g/mol. The first-order valence-corrected chi connectivity index (χ1v) is 10.8. The molecule has 2 atom stereocenters. The maximum atomic E-state index is 12.2. The van der Waals surface area contributed by atoms with Crippen molar-refractivity contribution in [2.75, 3.05) is 27.7 Å². The van der Waals surface area contributed by atoms with Gasteiger partial charge in [0, 0.05) is 23.9 Å². The lowest BCUT2D eigenvalue weighted by atomic mass is 9.74. The van der Waals surface area contributed by atoms with Crippen LogP contribution in [0.5, 0.6) is 5.75 Å². The second kappa shape index (κ2) is 9.80. The molecule has 2 aromatic carbocycles. The van der Waals surface area contributed by atoms with Crippen molar-refractivity contribution in [3.63, 3.8) is 0 Å². The highest BCUT2D eigenvalue weighted by Gasteiger charge is 2.41. The fourth-order valence-electron chi connectivity index (χ4n) is 4.43. The number of benzene rings is 2. The molecule has 29 heavy (non-hydrogen) atoms. The lowest BCUT2D eigenvalue weighted by Gasteiger charge is -2.39. The molecule has 156 valence electrons. The van der Waals surface area contributed by atoms with Crippen LogP contribution in [0.3, 0.4) is 0 Å². The van der Waals surface area contributed by atoms with Gasteiger partial charge in [-0.3, -0.25) is 0 Å². The van der Waals surface area contributed by atoms with Crippen LogP contribution in [0.15, 0.2) is 54.1 Å². The van der Waals surface area contributed by atoms with Gasteiger partial charge in [0.25, 0.3) is 0 Å². The van der Waals surface area contributed by atoms with Gasteiger partial charge in [-0.2, -0.15) is 0 Å². The predicted molar refractivity (Wildman–Crippen MR) is 122 cm³/mol. The molecule has 1 fully saturated rings. The Kier molecular flexibility index (Phi) is 7.39. The van der Waals surface area contributed by atoms with Crippen LogP contribution in [0, 0.1) is 5.92 Å². The molecule has 0 bridgehead atoms. The zero-order valence-electron chi connectivity index (χ0n) is 17.7. The first kappa shape index (κ1) is 21.9. The summed E-state index contributed by atoms with van der Waals surface area (Å²) in [6.07, 6.45) is 6.80. The van der Waals surface area contributed by atoms with Crippen molar-refractivity contribution in [2.45, 2.75) is 37.7 Å². The summed E-state index contributed by atoms with van der Waals surface area (Å²) in [4.78, 5) is 2.18. The molecule has 0 radical (unpaired) electrons. The minimum absolute atomic E-state index is 0.146. The van der Waals surface area contributed by atoms with E-state index in [0.717, 1.165) is 59.7 Å². The minimum Gasteiger partial charge on any atom is -0.497 e. The SMILES string of the molecule is COc1cccc(C=C2CCCCC(CN(C)C)C2(O)Cc2ccccc2Cl)c1. The third-order valence-corrected chi connectivity index (χ3v) is 6.29. The Labute approximate surface area is 180 Å². The average Bonchev–Trinajstić information content (AvgIpc) is 2.84. The maximum Gasteiger partial charge on any atom is 0.119 e. The fraction of sp³-hybridized carbons (Fsp3) is 0.440. The molecule has 1 aliphatic carbocycles. The Morgan fingerprint density at radius 3 is 2.69 bits per heavy atom. The minimum atomic E-state index is -0.936. The first-order valence-electron chi connectivity index (χ1n) is 10.4. The molecule has 2 aromatic rings. The molecule has 0 saturated heterocycles. The third-order valence-electron chi connectivity index (χ3n) is 5.92. The molecule has 0 aliphatic heterocycles. The molecule has 3 nitrogen and oxygen atoms in total. The van der Waals surface area contributed by atoms with Gasteiger partial charge in [-0.05, 0) is 68.3 Å². The number of ether oxygens (including phenoxy) is 1. The zero-order valence-corrected chi connectivity index (χ0v) is 18.5. The van der Waals surface area contributed by atoms with Crippen LogP contribution in [0.1, 0.15) is 36.8 Å². The molecule has 1 aliphatic rings. The van der Waals surface area contributed by atoms with Crippen LogP contribution in [0.2, 0.25) is 5.02 Å². The number of hydrogen-bond acceptors (Lipinski definition) is 3. The van der Waals surface area contributed by atoms with E-state index in [1.165, 1.54) is 0 Å². The van der Waals surface area contributed by atoms with Crippen molar-refractivity contribution >= 4 is 17.7 Å². The molecule has 2 unspecified atom stereocenters. The van der Waals surface area contributed by atoms with Crippen LogP contribution in [0.4, 0.5) is 0 Å². The molecule has 0 aromatic heterocycles. The van der Waals surface area contributed by atoms with E-state index in [9.17, 15) is 5.11 Å². The Hall–Kier alpha value is -1.81. The molecule has 0 heterocycles. The van der Waals surface area contributed by atoms with Crippen LogP contribution in [-0.2, 0) is 6.42 Å². The van der Waals surface area contributed by atoms with Gasteiger partial charge in [-0.1, -0.05) is 54.4 Å². The van der Waals surface area contributed by atoms with E-state index in [0.29, 0.717) is 6.42 Å². The lowest BCUT2D eigenvalue weighted by molar-refractivity contribution is 0.00518. The van der Waals surface area contributed by atoms with E-state index >= 15 is 0 Å². The standard InChI is InChI=1S/C25H32ClNO2/c1-27(2)18-22-12-6-5-11-21(15-19-9-8-13-23(16-19)29-3)25(22,28)17-20-10-4-7-14-24(20)26/h4,7-10,13-16,22,28H,5-6,11-12,17-18H2,1-3H3. The summed E-state index contributed by atoms with van der Waals surface area (Å²) >= 11 is 6.49. The zero-order chi connectivity index (χ0) is 20.9. The largest absolute Gasteiger partial charge is 0.497 e. The lowest BCUT2D eigenvalue weighted by Crippen LogP contribution is -2.45. The molecule has 0 amide bonds. The number of aliphatic hydroxyl groups is 1. The average molecular weight is 414 g/mol. The van der Waals surface area contributed by atoms with Gasteiger partial charge in [-0.15, -0.1) is 0 Å². The van der Waals surface area contributed by atoms with E-state index in [4.69, 9.17) is 16.3 Å². The Bertz CT molecular complexity index is 848. The third kappa shape index (κ3) is 5.42. The molecule has 1 N–H and O–H groups in total.